The van der Waals surface area contributed by atoms with Crippen LogP contribution in [-0.2, 0) is 12.8 Å². The molecule has 0 bridgehead atoms. The Kier molecular flexibility index (Phi) is 3.26. The molecule has 1 aromatic rings. The molecule has 0 aromatic heterocycles. The van der Waals surface area contributed by atoms with Gasteiger partial charge in [0, 0.05) is 0 Å². The molecule has 0 fully saturated rings. The van der Waals surface area contributed by atoms with E-state index in [4.69, 9.17) is 10.5 Å². The van der Waals surface area contributed by atoms with Gasteiger partial charge in [-0.25, -0.2) is 0 Å². The Morgan fingerprint density at radius 3 is 1.50 bits per heavy atom. The number of hydrogen-bond donors (Lipinski definition) is 0. The molecule has 0 aliphatic carbocycles. The summed E-state index contributed by atoms with van der Waals surface area (Å²) in [5.74, 6) is 0. The molecule has 1 rings (SSSR count). The van der Waals surface area contributed by atoms with Gasteiger partial charge in [0.15, 0.2) is 0 Å². The van der Waals surface area contributed by atoms with E-state index in [0.29, 0.717) is 11.1 Å². The van der Waals surface area contributed by atoms with E-state index in [-0.39, 0.29) is 0 Å². The molecule has 0 N–H and O–H groups in total. The van der Waals surface area contributed by atoms with Crippen LogP contribution in [-0.4, -0.2) is 0 Å². The summed E-state index contributed by atoms with van der Waals surface area (Å²) in [6.07, 6.45) is 1.61. The molecular weight excluding hydrogens is 172 g/mol. The topological polar surface area (TPSA) is 47.6 Å². The molecule has 2 nitrogen and oxygen atoms in total. The number of nitriles is 2. The van der Waals surface area contributed by atoms with Crippen molar-refractivity contribution in [2.45, 2.75) is 26.7 Å². The first-order valence-electron chi connectivity index (χ1n) is 4.73. The Balaban J connectivity index is 3.48. The average molecular weight is 184 g/mol. The second-order valence-electron chi connectivity index (χ2n) is 3.05. The van der Waals surface area contributed by atoms with Gasteiger partial charge in [-0.2, -0.15) is 10.5 Å². The summed E-state index contributed by atoms with van der Waals surface area (Å²) < 4.78 is 0. The molecule has 0 unspecified atom stereocenters. The van der Waals surface area contributed by atoms with Crippen LogP contribution in [0.4, 0.5) is 0 Å². The van der Waals surface area contributed by atoms with E-state index in [9.17, 15) is 0 Å². The number of rotatable bonds is 2. The lowest BCUT2D eigenvalue weighted by Crippen LogP contribution is -1.98. The van der Waals surface area contributed by atoms with Gasteiger partial charge in [0.1, 0.15) is 0 Å². The fourth-order valence-corrected chi connectivity index (χ4v) is 1.71. The molecule has 1 aromatic carbocycles. The summed E-state index contributed by atoms with van der Waals surface area (Å²) >= 11 is 0. The Bertz CT molecular complexity index is 378. The van der Waals surface area contributed by atoms with Crippen LogP contribution in [0, 0.1) is 22.7 Å². The summed E-state index contributed by atoms with van der Waals surface area (Å²) in [7, 11) is 0. The number of hydrogen-bond acceptors (Lipinski definition) is 2. The average Bonchev–Trinajstić information content (AvgIpc) is 2.26. The van der Waals surface area contributed by atoms with Gasteiger partial charge < -0.3 is 0 Å². The van der Waals surface area contributed by atoms with Gasteiger partial charge in [0.05, 0.1) is 23.3 Å². The molecular formula is C12H12N2. The highest BCUT2D eigenvalue weighted by Gasteiger charge is 2.09. The molecule has 0 aliphatic heterocycles. The van der Waals surface area contributed by atoms with Crippen molar-refractivity contribution in [2.75, 3.05) is 0 Å². The summed E-state index contributed by atoms with van der Waals surface area (Å²) in [6, 6.07) is 7.79. The zero-order chi connectivity index (χ0) is 10.6. The van der Waals surface area contributed by atoms with Gasteiger partial charge in [-0.3, -0.25) is 0 Å². The predicted molar refractivity (Wildman–Crippen MR) is 54.6 cm³/mol. The summed E-state index contributed by atoms with van der Waals surface area (Å²) in [5.41, 5.74) is 3.44. The smallest absolute Gasteiger partial charge is 0.0994 e. The summed E-state index contributed by atoms with van der Waals surface area (Å²) in [6.45, 7) is 4.02. The van der Waals surface area contributed by atoms with E-state index in [1.807, 2.05) is 13.8 Å². The van der Waals surface area contributed by atoms with Crippen LogP contribution in [0.3, 0.4) is 0 Å². The molecule has 0 heterocycles. The van der Waals surface area contributed by atoms with Gasteiger partial charge in [0.2, 0.25) is 0 Å². The monoisotopic (exact) mass is 184 g/mol. The van der Waals surface area contributed by atoms with Crippen LogP contribution in [0.1, 0.15) is 36.1 Å². The van der Waals surface area contributed by atoms with E-state index in [1.54, 1.807) is 12.1 Å². The van der Waals surface area contributed by atoms with Crippen LogP contribution >= 0.6 is 0 Å². The minimum atomic E-state index is 0.698. The molecule has 0 aliphatic rings. The van der Waals surface area contributed by atoms with E-state index in [1.165, 1.54) is 0 Å². The highest BCUT2D eigenvalue weighted by Crippen LogP contribution is 2.19. The Hall–Kier alpha value is -1.80. The summed E-state index contributed by atoms with van der Waals surface area (Å²) in [5, 5.41) is 17.8. The van der Waals surface area contributed by atoms with Crippen molar-refractivity contribution in [1.29, 1.82) is 10.5 Å². The molecule has 0 atom stereocenters. The molecule has 0 spiro atoms. The van der Waals surface area contributed by atoms with Crippen molar-refractivity contribution in [3.8, 4) is 12.1 Å². The molecule has 70 valence electrons. The lowest BCUT2D eigenvalue weighted by molar-refractivity contribution is 1.02. The zero-order valence-electron chi connectivity index (χ0n) is 8.46. The maximum atomic E-state index is 8.90. The van der Waals surface area contributed by atoms with Gasteiger partial charge in [-0.05, 0) is 36.1 Å². The van der Waals surface area contributed by atoms with E-state index >= 15 is 0 Å². The van der Waals surface area contributed by atoms with E-state index in [2.05, 4.69) is 12.1 Å². The first kappa shape index (κ1) is 10.3. The van der Waals surface area contributed by atoms with E-state index in [0.717, 1.165) is 24.0 Å². The van der Waals surface area contributed by atoms with Crippen LogP contribution in [0.25, 0.3) is 0 Å². The quantitative estimate of drug-likeness (QED) is 0.709. The Morgan fingerprint density at radius 1 is 0.929 bits per heavy atom. The standard InChI is InChI=1S/C12H12N2/c1-3-11-9(7-13)5-6-10(8-14)12(11)4-2/h5-6H,3-4H2,1-2H3. The largest absolute Gasteiger partial charge is 0.192 e. The van der Waals surface area contributed by atoms with Gasteiger partial charge in [-0.1, -0.05) is 13.8 Å². The van der Waals surface area contributed by atoms with Crippen LogP contribution in [0.2, 0.25) is 0 Å². The Labute approximate surface area is 84.4 Å². The Morgan fingerprint density at radius 2 is 1.29 bits per heavy atom. The fraction of sp³-hybridized carbons (Fsp3) is 0.333. The third kappa shape index (κ3) is 1.60. The SMILES string of the molecule is CCc1c(C#N)ccc(C#N)c1CC. The van der Waals surface area contributed by atoms with Crippen molar-refractivity contribution < 1.29 is 0 Å². The fourth-order valence-electron chi connectivity index (χ4n) is 1.71. The second kappa shape index (κ2) is 4.44. The van der Waals surface area contributed by atoms with Gasteiger partial charge >= 0.3 is 0 Å². The van der Waals surface area contributed by atoms with Crippen LogP contribution in [0.5, 0.6) is 0 Å². The third-order valence-corrected chi connectivity index (χ3v) is 2.38. The maximum absolute atomic E-state index is 8.90. The number of nitrogens with zero attached hydrogens (tertiary/aromatic N) is 2. The summed E-state index contributed by atoms with van der Waals surface area (Å²) in [4.78, 5) is 0. The van der Waals surface area contributed by atoms with Gasteiger partial charge in [0.25, 0.3) is 0 Å². The molecule has 0 saturated heterocycles. The highest BCUT2D eigenvalue weighted by molar-refractivity contribution is 5.51. The molecule has 0 radical (unpaired) electrons. The maximum Gasteiger partial charge on any atom is 0.0994 e. The van der Waals surface area contributed by atoms with Crippen molar-refractivity contribution in [2.24, 2.45) is 0 Å². The molecule has 0 amide bonds. The lowest BCUT2D eigenvalue weighted by atomic mass is 9.93. The number of benzene rings is 1. The first-order valence-corrected chi connectivity index (χ1v) is 4.73. The van der Waals surface area contributed by atoms with Crippen molar-refractivity contribution >= 4 is 0 Å². The van der Waals surface area contributed by atoms with Crippen LogP contribution < -0.4 is 0 Å². The van der Waals surface area contributed by atoms with Crippen LogP contribution in [0.15, 0.2) is 12.1 Å². The zero-order valence-corrected chi connectivity index (χ0v) is 8.46. The van der Waals surface area contributed by atoms with Crippen molar-refractivity contribution in [1.82, 2.24) is 0 Å². The lowest BCUT2D eigenvalue weighted by Gasteiger charge is -2.09. The minimum absolute atomic E-state index is 0.698. The first-order chi connectivity index (χ1) is 6.78. The predicted octanol–water partition coefficient (Wildman–Crippen LogP) is 2.55. The third-order valence-electron chi connectivity index (χ3n) is 2.38. The molecule has 2 heteroatoms. The highest BCUT2D eigenvalue weighted by atomic mass is 14.3. The van der Waals surface area contributed by atoms with Gasteiger partial charge in [-0.15, -0.1) is 0 Å². The molecule has 0 saturated carbocycles. The second-order valence-corrected chi connectivity index (χ2v) is 3.05. The molecule has 14 heavy (non-hydrogen) atoms. The van der Waals surface area contributed by atoms with Crippen molar-refractivity contribution in [3.63, 3.8) is 0 Å². The van der Waals surface area contributed by atoms with E-state index < -0.39 is 0 Å². The minimum Gasteiger partial charge on any atom is -0.192 e. The normalized spacial score (nSPS) is 9.14. The van der Waals surface area contributed by atoms with Crippen molar-refractivity contribution in [3.05, 3.63) is 34.4 Å².